The average molecular weight is 231 g/mol. The summed E-state index contributed by atoms with van der Waals surface area (Å²) >= 11 is 5.53. The molecule has 0 saturated carbocycles. The number of halogens is 2. The van der Waals surface area contributed by atoms with Gasteiger partial charge in [-0.1, -0.05) is 18.2 Å². The first-order valence-corrected chi connectivity index (χ1v) is 4.82. The zero-order chi connectivity index (χ0) is 11.4. The minimum absolute atomic E-state index is 0.132. The van der Waals surface area contributed by atoms with E-state index in [0.29, 0.717) is 16.3 Å². The van der Waals surface area contributed by atoms with Gasteiger partial charge in [0.15, 0.2) is 0 Å². The van der Waals surface area contributed by atoms with Crippen LogP contribution in [0.4, 0.5) is 4.39 Å². The van der Waals surface area contributed by atoms with Gasteiger partial charge in [0, 0.05) is 10.6 Å². The lowest BCUT2D eigenvalue weighted by molar-refractivity contribution is 0.192. The van der Waals surface area contributed by atoms with Crippen LogP contribution < -0.4 is 4.74 Å². The highest BCUT2D eigenvalue weighted by atomic mass is 35.5. The number of aliphatic hydroxyl groups is 1. The second kappa shape index (κ2) is 5.14. The van der Waals surface area contributed by atoms with Crippen molar-refractivity contribution in [2.24, 2.45) is 0 Å². The SMILES string of the molecule is C=C(Cl)COc1ccc(F)cc1C(C)O. The first-order valence-electron chi connectivity index (χ1n) is 4.44. The van der Waals surface area contributed by atoms with Crippen molar-refractivity contribution in [1.29, 1.82) is 0 Å². The molecule has 1 unspecified atom stereocenters. The molecule has 4 heteroatoms. The molecule has 0 heterocycles. The largest absolute Gasteiger partial charge is 0.488 e. The summed E-state index contributed by atoms with van der Waals surface area (Å²) in [6.07, 6.45) is -0.792. The molecule has 82 valence electrons. The molecule has 1 aromatic carbocycles. The summed E-state index contributed by atoms with van der Waals surface area (Å²) < 4.78 is 18.2. The lowest BCUT2D eigenvalue weighted by atomic mass is 10.1. The third-order valence-electron chi connectivity index (χ3n) is 1.81. The summed E-state index contributed by atoms with van der Waals surface area (Å²) in [4.78, 5) is 0. The predicted octanol–water partition coefficient (Wildman–Crippen LogP) is 3.01. The van der Waals surface area contributed by atoms with Crippen molar-refractivity contribution >= 4 is 11.6 Å². The van der Waals surface area contributed by atoms with Gasteiger partial charge in [0.05, 0.1) is 6.10 Å². The molecule has 1 N–H and O–H groups in total. The van der Waals surface area contributed by atoms with E-state index in [-0.39, 0.29) is 6.61 Å². The van der Waals surface area contributed by atoms with Gasteiger partial charge < -0.3 is 9.84 Å². The van der Waals surface area contributed by atoms with Crippen LogP contribution in [0.3, 0.4) is 0 Å². The fourth-order valence-electron chi connectivity index (χ4n) is 1.13. The Labute approximate surface area is 92.9 Å². The lowest BCUT2D eigenvalue weighted by Gasteiger charge is -2.12. The van der Waals surface area contributed by atoms with Crippen molar-refractivity contribution < 1.29 is 14.2 Å². The average Bonchev–Trinajstić information content (AvgIpc) is 2.15. The molecular formula is C11H12ClFO2. The number of aliphatic hydroxyl groups excluding tert-OH is 1. The van der Waals surface area contributed by atoms with Gasteiger partial charge in [0.1, 0.15) is 18.2 Å². The third-order valence-corrected chi connectivity index (χ3v) is 1.92. The second-order valence-electron chi connectivity index (χ2n) is 3.16. The fourth-order valence-corrected chi connectivity index (χ4v) is 1.19. The Balaban J connectivity index is 2.90. The van der Waals surface area contributed by atoms with Crippen LogP contribution in [0.2, 0.25) is 0 Å². The topological polar surface area (TPSA) is 29.5 Å². The molecular weight excluding hydrogens is 219 g/mol. The van der Waals surface area contributed by atoms with Crippen LogP contribution in [-0.2, 0) is 0 Å². The highest BCUT2D eigenvalue weighted by Gasteiger charge is 2.10. The summed E-state index contributed by atoms with van der Waals surface area (Å²) in [6, 6.07) is 3.95. The highest BCUT2D eigenvalue weighted by molar-refractivity contribution is 6.29. The number of benzene rings is 1. The molecule has 15 heavy (non-hydrogen) atoms. The van der Waals surface area contributed by atoms with Gasteiger partial charge in [-0.25, -0.2) is 4.39 Å². The van der Waals surface area contributed by atoms with Gasteiger partial charge in [-0.05, 0) is 25.1 Å². The van der Waals surface area contributed by atoms with Gasteiger partial charge in [0.2, 0.25) is 0 Å². The van der Waals surface area contributed by atoms with Crippen molar-refractivity contribution in [3.05, 3.63) is 41.2 Å². The Morgan fingerprint density at radius 2 is 2.33 bits per heavy atom. The number of ether oxygens (including phenoxy) is 1. The standard InChI is InChI=1S/C11H12ClFO2/c1-7(12)6-15-11-4-3-9(13)5-10(11)8(2)14/h3-5,8,14H,1,6H2,2H3. The van der Waals surface area contributed by atoms with E-state index in [0.717, 1.165) is 0 Å². The molecule has 0 bridgehead atoms. The summed E-state index contributed by atoms with van der Waals surface area (Å²) in [6.45, 7) is 5.14. The molecule has 0 saturated heterocycles. The van der Waals surface area contributed by atoms with Crippen LogP contribution >= 0.6 is 11.6 Å². The van der Waals surface area contributed by atoms with E-state index < -0.39 is 11.9 Å². The van der Waals surface area contributed by atoms with Crippen molar-refractivity contribution in [3.8, 4) is 5.75 Å². The van der Waals surface area contributed by atoms with E-state index in [2.05, 4.69) is 6.58 Å². The Morgan fingerprint density at radius 1 is 1.67 bits per heavy atom. The van der Waals surface area contributed by atoms with Crippen molar-refractivity contribution in [3.63, 3.8) is 0 Å². The summed E-state index contributed by atoms with van der Waals surface area (Å²) in [5, 5.41) is 9.74. The molecule has 0 aliphatic heterocycles. The molecule has 1 atom stereocenters. The van der Waals surface area contributed by atoms with Crippen LogP contribution in [0.5, 0.6) is 5.75 Å². The first-order chi connectivity index (χ1) is 7.00. The van der Waals surface area contributed by atoms with Gasteiger partial charge in [0.25, 0.3) is 0 Å². The lowest BCUT2D eigenvalue weighted by Crippen LogP contribution is -2.02. The molecule has 0 radical (unpaired) electrons. The molecule has 0 aromatic heterocycles. The van der Waals surface area contributed by atoms with Gasteiger partial charge >= 0.3 is 0 Å². The molecule has 1 aromatic rings. The smallest absolute Gasteiger partial charge is 0.125 e. The normalized spacial score (nSPS) is 12.3. The Morgan fingerprint density at radius 3 is 2.87 bits per heavy atom. The zero-order valence-corrected chi connectivity index (χ0v) is 9.09. The second-order valence-corrected chi connectivity index (χ2v) is 3.70. The van der Waals surface area contributed by atoms with Crippen molar-refractivity contribution in [1.82, 2.24) is 0 Å². The van der Waals surface area contributed by atoms with Crippen LogP contribution in [0, 0.1) is 5.82 Å². The molecule has 0 fully saturated rings. The van der Waals surface area contributed by atoms with Gasteiger partial charge in [-0.3, -0.25) is 0 Å². The Hall–Kier alpha value is -1.06. The Bertz CT molecular complexity index is 364. The molecule has 0 spiro atoms. The fraction of sp³-hybridized carbons (Fsp3) is 0.273. The van der Waals surface area contributed by atoms with Gasteiger partial charge in [-0.15, -0.1) is 0 Å². The summed E-state index contributed by atoms with van der Waals surface area (Å²) in [5.41, 5.74) is 0.396. The maximum atomic E-state index is 12.9. The molecule has 0 amide bonds. The minimum atomic E-state index is -0.792. The van der Waals surface area contributed by atoms with Gasteiger partial charge in [-0.2, -0.15) is 0 Å². The van der Waals surface area contributed by atoms with E-state index in [1.165, 1.54) is 25.1 Å². The maximum absolute atomic E-state index is 12.9. The van der Waals surface area contributed by atoms with Crippen LogP contribution in [0.1, 0.15) is 18.6 Å². The maximum Gasteiger partial charge on any atom is 0.125 e. The number of hydrogen-bond donors (Lipinski definition) is 1. The number of rotatable bonds is 4. The first kappa shape index (κ1) is 12.0. The highest BCUT2D eigenvalue weighted by Crippen LogP contribution is 2.26. The molecule has 0 aliphatic carbocycles. The van der Waals surface area contributed by atoms with Crippen LogP contribution in [0.25, 0.3) is 0 Å². The zero-order valence-electron chi connectivity index (χ0n) is 8.34. The van der Waals surface area contributed by atoms with E-state index in [1.54, 1.807) is 0 Å². The van der Waals surface area contributed by atoms with E-state index >= 15 is 0 Å². The monoisotopic (exact) mass is 230 g/mol. The third kappa shape index (κ3) is 3.53. The number of hydrogen-bond acceptors (Lipinski definition) is 2. The van der Waals surface area contributed by atoms with E-state index in [1.807, 2.05) is 0 Å². The predicted molar refractivity (Wildman–Crippen MR) is 57.5 cm³/mol. The molecule has 1 rings (SSSR count). The quantitative estimate of drug-likeness (QED) is 0.862. The van der Waals surface area contributed by atoms with Crippen molar-refractivity contribution in [2.75, 3.05) is 6.61 Å². The Kier molecular flexibility index (Phi) is 4.12. The molecule has 2 nitrogen and oxygen atoms in total. The minimum Gasteiger partial charge on any atom is -0.488 e. The van der Waals surface area contributed by atoms with Crippen LogP contribution in [0.15, 0.2) is 29.8 Å². The van der Waals surface area contributed by atoms with E-state index in [9.17, 15) is 9.50 Å². The van der Waals surface area contributed by atoms with Crippen LogP contribution in [-0.4, -0.2) is 11.7 Å². The molecule has 0 aliphatic rings. The van der Waals surface area contributed by atoms with Crippen molar-refractivity contribution in [2.45, 2.75) is 13.0 Å². The van der Waals surface area contributed by atoms with E-state index in [4.69, 9.17) is 16.3 Å². The summed E-state index contributed by atoms with van der Waals surface area (Å²) in [7, 11) is 0. The summed E-state index contributed by atoms with van der Waals surface area (Å²) in [5.74, 6) is -0.00356.